The Kier molecular flexibility index (Phi) is 4.49. The number of aromatic nitrogens is 1. The largest absolute Gasteiger partial charge is 0.439 e. The van der Waals surface area contributed by atoms with Crippen LogP contribution in [-0.2, 0) is 12.0 Å². The van der Waals surface area contributed by atoms with Crippen molar-refractivity contribution in [1.29, 1.82) is 0 Å². The number of hydrogen-bond donors (Lipinski definition) is 1. The molecule has 0 unspecified atom stereocenters. The van der Waals surface area contributed by atoms with Gasteiger partial charge in [-0.15, -0.1) is 0 Å². The van der Waals surface area contributed by atoms with Gasteiger partial charge < -0.3 is 10.5 Å². The van der Waals surface area contributed by atoms with Crippen LogP contribution in [0.1, 0.15) is 32.0 Å². The van der Waals surface area contributed by atoms with E-state index >= 15 is 0 Å². The van der Waals surface area contributed by atoms with Gasteiger partial charge in [0, 0.05) is 24.1 Å². The van der Waals surface area contributed by atoms with Gasteiger partial charge in [0.2, 0.25) is 5.88 Å². The van der Waals surface area contributed by atoms with Crippen LogP contribution in [0.4, 0.5) is 4.39 Å². The zero-order valence-corrected chi connectivity index (χ0v) is 13.0. The van der Waals surface area contributed by atoms with Crippen molar-refractivity contribution in [3.8, 4) is 11.6 Å². The second-order valence-electron chi connectivity index (χ2n) is 5.83. The second kappa shape index (κ2) is 6.00. The second-order valence-corrected chi connectivity index (χ2v) is 6.24. The molecule has 112 valence electrons. The van der Waals surface area contributed by atoms with E-state index in [9.17, 15) is 4.39 Å². The Morgan fingerprint density at radius 3 is 2.52 bits per heavy atom. The summed E-state index contributed by atoms with van der Waals surface area (Å²) in [6.45, 7) is 6.59. The first-order valence-corrected chi connectivity index (χ1v) is 7.02. The SMILES string of the molecule is CC(C)(C)c1cc(CN)cc(Oc2ccc(F)c(Cl)c2)n1. The van der Waals surface area contributed by atoms with Crippen molar-refractivity contribution in [3.63, 3.8) is 0 Å². The Morgan fingerprint density at radius 2 is 1.95 bits per heavy atom. The monoisotopic (exact) mass is 308 g/mol. The molecule has 0 aliphatic rings. The summed E-state index contributed by atoms with van der Waals surface area (Å²) in [6.07, 6.45) is 0. The van der Waals surface area contributed by atoms with Gasteiger partial charge in [-0.1, -0.05) is 32.4 Å². The fourth-order valence-electron chi connectivity index (χ4n) is 1.77. The molecule has 2 aromatic rings. The van der Waals surface area contributed by atoms with Gasteiger partial charge in [-0.2, -0.15) is 0 Å². The van der Waals surface area contributed by atoms with Crippen molar-refractivity contribution in [1.82, 2.24) is 4.98 Å². The molecular weight excluding hydrogens is 291 g/mol. The smallest absolute Gasteiger partial charge is 0.219 e. The predicted octanol–water partition coefficient (Wildman–Crippen LogP) is 4.42. The van der Waals surface area contributed by atoms with Gasteiger partial charge in [-0.05, 0) is 23.8 Å². The number of rotatable bonds is 3. The molecular formula is C16H18ClFN2O. The third kappa shape index (κ3) is 3.93. The van der Waals surface area contributed by atoms with Gasteiger partial charge >= 0.3 is 0 Å². The minimum atomic E-state index is -0.483. The maximum atomic E-state index is 13.2. The number of ether oxygens (including phenoxy) is 1. The highest BCUT2D eigenvalue weighted by atomic mass is 35.5. The Balaban J connectivity index is 2.36. The van der Waals surface area contributed by atoms with E-state index in [2.05, 4.69) is 25.8 Å². The topological polar surface area (TPSA) is 48.1 Å². The lowest BCUT2D eigenvalue weighted by molar-refractivity contribution is 0.449. The first kappa shape index (κ1) is 15.7. The highest BCUT2D eigenvalue weighted by molar-refractivity contribution is 6.30. The molecule has 1 heterocycles. The Labute approximate surface area is 128 Å². The van der Waals surface area contributed by atoms with Crippen LogP contribution in [0.3, 0.4) is 0 Å². The molecule has 1 aromatic carbocycles. The molecule has 5 heteroatoms. The van der Waals surface area contributed by atoms with Gasteiger partial charge in [-0.25, -0.2) is 9.37 Å². The average molecular weight is 309 g/mol. The maximum Gasteiger partial charge on any atom is 0.219 e. The quantitative estimate of drug-likeness (QED) is 0.913. The third-order valence-corrected chi connectivity index (χ3v) is 3.27. The predicted molar refractivity (Wildman–Crippen MR) is 82.3 cm³/mol. The van der Waals surface area contributed by atoms with Gasteiger partial charge in [0.1, 0.15) is 11.6 Å². The first-order valence-electron chi connectivity index (χ1n) is 6.64. The summed E-state index contributed by atoms with van der Waals surface area (Å²) in [5, 5.41) is 0.0125. The lowest BCUT2D eigenvalue weighted by atomic mass is 9.91. The molecule has 0 bridgehead atoms. The van der Waals surface area contributed by atoms with Crippen LogP contribution < -0.4 is 10.5 Å². The lowest BCUT2D eigenvalue weighted by Gasteiger charge is -2.19. The first-order chi connectivity index (χ1) is 9.79. The lowest BCUT2D eigenvalue weighted by Crippen LogP contribution is -2.15. The van der Waals surface area contributed by atoms with Crippen LogP contribution in [-0.4, -0.2) is 4.98 Å². The van der Waals surface area contributed by atoms with E-state index in [0.29, 0.717) is 18.2 Å². The van der Waals surface area contributed by atoms with Gasteiger partial charge in [0.05, 0.1) is 10.7 Å². The summed E-state index contributed by atoms with van der Waals surface area (Å²) in [5.41, 5.74) is 7.40. The number of nitrogens with zero attached hydrogens (tertiary/aromatic N) is 1. The van der Waals surface area contributed by atoms with Crippen LogP contribution >= 0.6 is 11.6 Å². The summed E-state index contributed by atoms with van der Waals surface area (Å²) in [7, 11) is 0. The highest BCUT2D eigenvalue weighted by Crippen LogP contribution is 2.28. The van der Waals surface area contributed by atoms with Crippen LogP contribution in [0.5, 0.6) is 11.6 Å². The minimum absolute atomic E-state index is 0.0125. The molecule has 0 radical (unpaired) electrons. The summed E-state index contributed by atoms with van der Waals surface area (Å²) < 4.78 is 18.8. The fourth-order valence-corrected chi connectivity index (χ4v) is 1.95. The van der Waals surface area contributed by atoms with Crippen LogP contribution in [0.2, 0.25) is 5.02 Å². The molecule has 21 heavy (non-hydrogen) atoms. The van der Waals surface area contributed by atoms with E-state index in [1.165, 1.54) is 18.2 Å². The number of halogens is 2. The van der Waals surface area contributed by atoms with Crippen molar-refractivity contribution in [3.05, 3.63) is 52.4 Å². The number of pyridine rings is 1. The molecule has 0 spiro atoms. The van der Waals surface area contributed by atoms with Crippen molar-refractivity contribution in [2.24, 2.45) is 5.73 Å². The van der Waals surface area contributed by atoms with Gasteiger partial charge in [0.15, 0.2) is 0 Å². The molecule has 2 N–H and O–H groups in total. The third-order valence-electron chi connectivity index (χ3n) is 2.98. The maximum absolute atomic E-state index is 13.2. The summed E-state index contributed by atoms with van der Waals surface area (Å²) in [4.78, 5) is 4.49. The number of hydrogen-bond acceptors (Lipinski definition) is 3. The van der Waals surface area contributed by atoms with E-state index in [1.54, 1.807) is 6.07 Å². The molecule has 0 saturated carbocycles. The molecule has 0 saturated heterocycles. The average Bonchev–Trinajstić information content (AvgIpc) is 2.41. The Bertz CT molecular complexity index is 653. The normalized spacial score (nSPS) is 11.5. The van der Waals surface area contributed by atoms with E-state index in [4.69, 9.17) is 22.1 Å². The minimum Gasteiger partial charge on any atom is -0.439 e. The van der Waals surface area contributed by atoms with Crippen LogP contribution in [0.25, 0.3) is 0 Å². The van der Waals surface area contributed by atoms with E-state index < -0.39 is 5.82 Å². The molecule has 0 aliphatic heterocycles. The molecule has 2 rings (SSSR count). The molecule has 0 atom stereocenters. The Hall–Kier alpha value is -1.65. The molecule has 0 amide bonds. The molecule has 0 aliphatic carbocycles. The standard InChI is InChI=1S/C16H18ClFN2O/c1-16(2,3)14-6-10(9-19)7-15(20-14)21-11-4-5-13(18)12(17)8-11/h4-8H,9,19H2,1-3H3. The van der Waals surface area contributed by atoms with Crippen LogP contribution in [0, 0.1) is 5.82 Å². The summed E-state index contributed by atoms with van der Waals surface area (Å²) in [6, 6.07) is 7.92. The zero-order valence-electron chi connectivity index (χ0n) is 12.3. The number of benzene rings is 1. The van der Waals surface area contributed by atoms with Crippen molar-refractivity contribution >= 4 is 11.6 Å². The van der Waals surface area contributed by atoms with E-state index in [0.717, 1.165) is 11.3 Å². The molecule has 3 nitrogen and oxygen atoms in total. The van der Waals surface area contributed by atoms with E-state index in [1.807, 2.05) is 6.07 Å². The summed E-state index contributed by atoms with van der Waals surface area (Å²) >= 11 is 5.75. The van der Waals surface area contributed by atoms with Crippen LogP contribution in [0.15, 0.2) is 30.3 Å². The van der Waals surface area contributed by atoms with E-state index in [-0.39, 0.29) is 10.4 Å². The highest BCUT2D eigenvalue weighted by Gasteiger charge is 2.17. The van der Waals surface area contributed by atoms with Gasteiger partial charge in [0.25, 0.3) is 0 Å². The fraction of sp³-hybridized carbons (Fsp3) is 0.312. The van der Waals surface area contributed by atoms with Crippen molar-refractivity contribution in [2.75, 3.05) is 0 Å². The molecule has 0 fully saturated rings. The zero-order chi connectivity index (χ0) is 15.6. The number of nitrogens with two attached hydrogens (primary N) is 1. The molecule has 1 aromatic heterocycles. The van der Waals surface area contributed by atoms with Gasteiger partial charge in [-0.3, -0.25) is 0 Å². The Morgan fingerprint density at radius 1 is 1.24 bits per heavy atom. The van der Waals surface area contributed by atoms with Crippen molar-refractivity contribution in [2.45, 2.75) is 32.7 Å². The van der Waals surface area contributed by atoms with Crippen molar-refractivity contribution < 1.29 is 9.13 Å². The summed E-state index contributed by atoms with van der Waals surface area (Å²) in [5.74, 6) is 0.372.